The summed E-state index contributed by atoms with van der Waals surface area (Å²) in [5, 5.41) is 0. The van der Waals surface area contributed by atoms with E-state index in [0.29, 0.717) is 5.56 Å². The van der Waals surface area contributed by atoms with E-state index >= 15 is 0 Å². The molecule has 0 bridgehead atoms. The minimum Gasteiger partial charge on any atom is -0.316 e. The molecule has 1 aromatic heterocycles. The molecule has 3 rings (SSSR count). The van der Waals surface area contributed by atoms with E-state index in [1.807, 2.05) is 18.2 Å². The van der Waals surface area contributed by atoms with Crippen LogP contribution >= 0.6 is 23.1 Å². The predicted molar refractivity (Wildman–Crippen MR) is 104 cm³/mol. The van der Waals surface area contributed by atoms with Crippen molar-refractivity contribution in [2.45, 2.75) is 19.9 Å². The molecular formula is C19H20N2OS2. The lowest BCUT2D eigenvalue weighted by molar-refractivity contribution is 0.0998. The fraction of sp³-hybridized carbons (Fsp3) is 0.263. The zero-order valence-electron chi connectivity index (χ0n) is 13.9. The van der Waals surface area contributed by atoms with Crippen molar-refractivity contribution in [3.05, 3.63) is 64.5 Å². The number of fused-ring (bicyclic) bond motifs is 1. The third-order valence-corrected chi connectivity index (χ3v) is 5.52. The van der Waals surface area contributed by atoms with Gasteiger partial charge in [0.1, 0.15) is 0 Å². The average Bonchev–Trinajstić information content (AvgIpc) is 2.96. The van der Waals surface area contributed by atoms with Gasteiger partial charge in [-0.3, -0.25) is 4.79 Å². The predicted octanol–water partition coefficient (Wildman–Crippen LogP) is 4.37. The minimum absolute atomic E-state index is 0.184. The topological polar surface area (TPSA) is 34.4 Å². The van der Waals surface area contributed by atoms with E-state index < -0.39 is 0 Å². The summed E-state index contributed by atoms with van der Waals surface area (Å²) in [5.41, 5.74) is 3.09. The highest BCUT2D eigenvalue weighted by Gasteiger charge is 2.09. The number of rotatable bonds is 5. The Labute approximate surface area is 150 Å². The molecule has 0 fully saturated rings. The van der Waals surface area contributed by atoms with Gasteiger partial charge in [0.15, 0.2) is 4.80 Å². The first-order valence-corrected chi connectivity index (χ1v) is 10.2. The molecule has 0 saturated heterocycles. The van der Waals surface area contributed by atoms with Crippen molar-refractivity contribution in [1.82, 2.24) is 4.57 Å². The maximum atomic E-state index is 12.5. The first-order chi connectivity index (χ1) is 11.7. The van der Waals surface area contributed by atoms with Crippen LogP contribution in [0.1, 0.15) is 22.8 Å². The Morgan fingerprint density at radius 2 is 2.00 bits per heavy atom. The molecule has 0 radical (unpaired) electrons. The van der Waals surface area contributed by atoms with Crippen LogP contribution in [0.3, 0.4) is 0 Å². The van der Waals surface area contributed by atoms with Crippen LogP contribution in [0.15, 0.2) is 53.5 Å². The number of aromatic nitrogens is 1. The van der Waals surface area contributed by atoms with Crippen molar-refractivity contribution < 1.29 is 4.79 Å². The summed E-state index contributed by atoms with van der Waals surface area (Å²) in [7, 11) is 0. The SMILES string of the molecule is CCc1ccc2c(c1)sc(=NC(=O)c1ccccc1)n2CCSC. The molecule has 3 aromatic rings. The first-order valence-electron chi connectivity index (χ1n) is 7.98. The monoisotopic (exact) mass is 356 g/mol. The Balaban J connectivity index is 2.11. The summed E-state index contributed by atoms with van der Waals surface area (Å²) in [6, 6.07) is 15.8. The Morgan fingerprint density at radius 3 is 2.71 bits per heavy atom. The zero-order valence-corrected chi connectivity index (χ0v) is 15.5. The Bertz CT molecular complexity index is 910. The summed E-state index contributed by atoms with van der Waals surface area (Å²) >= 11 is 3.39. The van der Waals surface area contributed by atoms with Gasteiger partial charge in [0.2, 0.25) is 0 Å². The van der Waals surface area contributed by atoms with E-state index in [-0.39, 0.29) is 5.91 Å². The van der Waals surface area contributed by atoms with Crippen LogP contribution < -0.4 is 4.80 Å². The van der Waals surface area contributed by atoms with Gasteiger partial charge in [-0.2, -0.15) is 16.8 Å². The second kappa shape index (κ2) is 7.81. The van der Waals surface area contributed by atoms with Crippen molar-refractivity contribution in [3.63, 3.8) is 0 Å². The third-order valence-electron chi connectivity index (χ3n) is 3.89. The van der Waals surface area contributed by atoms with Crippen molar-refractivity contribution in [3.8, 4) is 0 Å². The van der Waals surface area contributed by atoms with Gasteiger partial charge in [-0.05, 0) is 42.5 Å². The van der Waals surface area contributed by atoms with E-state index in [1.165, 1.54) is 10.3 Å². The van der Waals surface area contributed by atoms with Gasteiger partial charge in [-0.25, -0.2) is 0 Å². The highest BCUT2D eigenvalue weighted by Crippen LogP contribution is 2.20. The highest BCUT2D eigenvalue weighted by molar-refractivity contribution is 7.98. The van der Waals surface area contributed by atoms with Gasteiger partial charge >= 0.3 is 0 Å². The summed E-state index contributed by atoms with van der Waals surface area (Å²) in [6.07, 6.45) is 3.10. The largest absolute Gasteiger partial charge is 0.316 e. The molecule has 0 aliphatic carbocycles. The van der Waals surface area contributed by atoms with Crippen LogP contribution in [-0.2, 0) is 13.0 Å². The van der Waals surface area contributed by atoms with Gasteiger partial charge in [-0.1, -0.05) is 42.5 Å². The summed E-state index contributed by atoms with van der Waals surface area (Å²) in [6.45, 7) is 3.01. The van der Waals surface area contributed by atoms with Crippen LogP contribution in [-0.4, -0.2) is 22.5 Å². The number of hydrogen-bond acceptors (Lipinski definition) is 3. The van der Waals surface area contributed by atoms with Crippen molar-refractivity contribution in [2.75, 3.05) is 12.0 Å². The smallest absolute Gasteiger partial charge is 0.279 e. The molecule has 0 saturated carbocycles. The Hall–Kier alpha value is -1.85. The van der Waals surface area contributed by atoms with Crippen LogP contribution in [0.2, 0.25) is 0 Å². The van der Waals surface area contributed by atoms with Gasteiger partial charge in [0.25, 0.3) is 5.91 Å². The number of aryl methyl sites for hydroxylation is 2. The number of thiazole rings is 1. The number of thioether (sulfide) groups is 1. The van der Waals surface area contributed by atoms with E-state index in [9.17, 15) is 4.79 Å². The number of carbonyl (C=O) groups is 1. The molecule has 0 unspecified atom stereocenters. The fourth-order valence-corrected chi connectivity index (χ4v) is 4.04. The quantitative estimate of drug-likeness (QED) is 0.680. The average molecular weight is 357 g/mol. The molecular weight excluding hydrogens is 336 g/mol. The molecule has 0 N–H and O–H groups in total. The zero-order chi connectivity index (χ0) is 16.9. The van der Waals surface area contributed by atoms with Crippen molar-refractivity contribution >= 4 is 39.2 Å². The molecule has 24 heavy (non-hydrogen) atoms. The lowest BCUT2D eigenvalue weighted by Crippen LogP contribution is -2.18. The summed E-state index contributed by atoms with van der Waals surface area (Å²) < 4.78 is 3.35. The molecule has 3 nitrogen and oxygen atoms in total. The van der Waals surface area contributed by atoms with Crippen molar-refractivity contribution in [1.29, 1.82) is 0 Å². The molecule has 0 spiro atoms. The summed E-state index contributed by atoms with van der Waals surface area (Å²) in [4.78, 5) is 17.6. The normalized spacial score (nSPS) is 12.0. The van der Waals surface area contributed by atoms with E-state index in [0.717, 1.165) is 29.0 Å². The van der Waals surface area contributed by atoms with Gasteiger partial charge in [0.05, 0.1) is 10.2 Å². The van der Waals surface area contributed by atoms with Gasteiger partial charge in [0, 0.05) is 17.9 Å². The molecule has 0 atom stereocenters. The number of nitrogens with zero attached hydrogens (tertiary/aromatic N) is 2. The molecule has 1 heterocycles. The minimum atomic E-state index is -0.184. The summed E-state index contributed by atoms with van der Waals surface area (Å²) in [5.74, 6) is 0.810. The molecule has 2 aromatic carbocycles. The van der Waals surface area contributed by atoms with Crippen molar-refractivity contribution in [2.24, 2.45) is 4.99 Å². The van der Waals surface area contributed by atoms with Gasteiger partial charge < -0.3 is 4.57 Å². The Kier molecular flexibility index (Phi) is 5.53. The lowest BCUT2D eigenvalue weighted by atomic mass is 10.2. The highest BCUT2D eigenvalue weighted by atomic mass is 32.2. The van der Waals surface area contributed by atoms with Crippen LogP contribution in [0.4, 0.5) is 0 Å². The second-order valence-electron chi connectivity index (χ2n) is 5.47. The second-order valence-corrected chi connectivity index (χ2v) is 7.46. The Morgan fingerprint density at radius 1 is 1.21 bits per heavy atom. The van der Waals surface area contributed by atoms with Gasteiger partial charge in [-0.15, -0.1) is 0 Å². The number of carbonyl (C=O) groups excluding carboxylic acids is 1. The number of benzene rings is 2. The van der Waals surface area contributed by atoms with Crippen LogP contribution in [0, 0.1) is 0 Å². The fourth-order valence-electron chi connectivity index (χ4n) is 2.55. The maximum Gasteiger partial charge on any atom is 0.279 e. The maximum absolute atomic E-state index is 12.5. The number of hydrogen-bond donors (Lipinski definition) is 0. The van der Waals surface area contributed by atoms with E-state index in [4.69, 9.17) is 0 Å². The molecule has 1 amide bonds. The molecule has 0 aliphatic rings. The van der Waals surface area contributed by atoms with E-state index in [1.54, 1.807) is 35.2 Å². The standard InChI is InChI=1S/C19H20N2OS2/c1-3-14-9-10-16-17(13-14)24-19(21(16)11-12-23-2)20-18(22)15-7-5-4-6-8-15/h4-10,13H,3,11-12H2,1-2H3. The molecule has 0 aliphatic heterocycles. The van der Waals surface area contributed by atoms with Crippen LogP contribution in [0.5, 0.6) is 0 Å². The van der Waals surface area contributed by atoms with E-state index in [2.05, 4.69) is 40.9 Å². The lowest BCUT2D eigenvalue weighted by Gasteiger charge is -2.04. The number of amides is 1. The molecule has 5 heteroatoms. The molecule has 124 valence electrons. The van der Waals surface area contributed by atoms with Crippen LogP contribution in [0.25, 0.3) is 10.2 Å². The third kappa shape index (κ3) is 3.62. The first kappa shape index (κ1) is 17.0.